The van der Waals surface area contributed by atoms with Gasteiger partial charge in [0.1, 0.15) is 11.6 Å². The second-order valence-corrected chi connectivity index (χ2v) is 4.93. The first kappa shape index (κ1) is 14.0. The molecule has 0 aliphatic rings. The number of hydrogen-bond acceptors (Lipinski definition) is 5. The smallest absolute Gasteiger partial charge is 0.161 e. The van der Waals surface area contributed by atoms with Crippen molar-refractivity contribution in [2.24, 2.45) is 0 Å². The number of anilines is 1. The Bertz CT molecular complexity index is 573. The van der Waals surface area contributed by atoms with Gasteiger partial charge in [0, 0.05) is 12.7 Å². The van der Waals surface area contributed by atoms with Crippen molar-refractivity contribution >= 4 is 28.4 Å². The van der Waals surface area contributed by atoms with E-state index in [-0.39, 0.29) is 0 Å². The minimum Gasteiger partial charge on any atom is -0.497 e. The predicted molar refractivity (Wildman–Crippen MR) is 81.9 cm³/mol. The van der Waals surface area contributed by atoms with E-state index in [0.29, 0.717) is 18.2 Å². The average Bonchev–Trinajstić information content (AvgIpc) is 2.44. The van der Waals surface area contributed by atoms with E-state index in [9.17, 15) is 0 Å². The minimum absolute atomic E-state index is 0.411. The van der Waals surface area contributed by atoms with E-state index < -0.39 is 0 Å². The molecule has 0 aliphatic carbocycles. The van der Waals surface area contributed by atoms with Crippen molar-refractivity contribution in [3.63, 3.8) is 0 Å². The van der Waals surface area contributed by atoms with Gasteiger partial charge in [0.25, 0.3) is 0 Å². The van der Waals surface area contributed by atoms with Gasteiger partial charge in [-0.25, -0.2) is 9.97 Å². The maximum atomic E-state index is 5.91. The van der Waals surface area contributed by atoms with E-state index in [2.05, 4.69) is 32.6 Å². The molecule has 0 saturated carbocycles. The molecule has 0 fully saturated rings. The summed E-state index contributed by atoms with van der Waals surface area (Å²) in [6, 6.07) is 7.53. The lowest BCUT2D eigenvalue weighted by atomic mass is 10.2. The lowest BCUT2D eigenvalue weighted by Gasteiger charge is -2.09. The van der Waals surface area contributed by atoms with Gasteiger partial charge in [0.2, 0.25) is 0 Å². The quantitative estimate of drug-likeness (QED) is 0.837. The van der Waals surface area contributed by atoms with Crippen LogP contribution in [-0.4, -0.2) is 24.2 Å². The Morgan fingerprint density at radius 1 is 1.16 bits per heavy atom. The summed E-state index contributed by atoms with van der Waals surface area (Å²) in [7, 11) is 3.26. The number of nitrogens with two attached hydrogens (primary N) is 1. The third-order valence-corrected chi connectivity index (χ3v) is 3.75. The molecule has 1 aromatic heterocycles. The fourth-order valence-electron chi connectivity index (χ4n) is 1.61. The Morgan fingerprint density at radius 2 is 1.84 bits per heavy atom. The first-order valence-corrected chi connectivity index (χ1v) is 6.69. The molecule has 1 aromatic carbocycles. The molecule has 0 unspecified atom stereocenters. The molecular weight excluding hydrogens is 357 g/mol. The lowest BCUT2D eigenvalue weighted by molar-refractivity contribution is 0.181. The van der Waals surface area contributed by atoms with E-state index >= 15 is 0 Å². The van der Waals surface area contributed by atoms with Crippen LogP contribution < -0.4 is 10.5 Å². The highest BCUT2D eigenvalue weighted by molar-refractivity contribution is 14.1. The van der Waals surface area contributed by atoms with E-state index in [1.54, 1.807) is 14.2 Å². The summed E-state index contributed by atoms with van der Waals surface area (Å²) in [5.41, 5.74) is 7.59. The van der Waals surface area contributed by atoms with Crippen molar-refractivity contribution in [3.8, 4) is 17.1 Å². The number of hydrogen-bond donors (Lipinski definition) is 1. The summed E-state index contributed by atoms with van der Waals surface area (Å²) in [6.45, 7) is 0.411. The highest BCUT2D eigenvalue weighted by Gasteiger charge is 2.11. The van der Waals surface area contributed by atoms with Crippen LogP contribution in [0.2, 0.25) is 0 Å². The molecular formula is C13H14IN3O2. The van der Waals surface area contributed by atoms with Crippen LogP contribution in [0.3, 0.4) is 0 Å². The molecule has 0 radical (unpaired) electrons. The van der Waals surface area contributed by atoms with Gasteiger partial charge in [0.15, 0.2) is 5.82 Å². The normalized spacial score (nSPS) is 10.5. The Balaban J connectivity index is 2.43. The van der Waals surface area contributed by atoms with Crippen LogP contribution >= 0.6 is 22.6 Å². The van der Waals surface area contributed by atoms with Gasteiger partial charge in [-0.2, -0.15) is 0 Å². The maximum absolute atomic E-state index is 5.91. The molecule has 2 aromatic rings. The number of rotatable bonds is 4. The largest absolute Gasteiger partial charge is 0.497 e. The molecule has 0 saturated heterocycles. The fourth-order valence-corrected chi connectivity index (χ4v) is 2.01. The van der Waals surface area contributed by atoms with Gasteiger partial charge in [-0.05, 0) is 46.9 Å². The Kier molecular flexibility index (Phi) is 4.54. The number of nitrogen functional groups attached to an aromatic ring is 1. The second-order valence-electron chi connectivity index (χ2n) is 3.85. The zero-order valence-corrected chi connectivity index (χ0v) is 12.8. The first-order chi connectivity index (χ1) is 9.15. The summed E-state index contributed by atoms with van der Waals surface area (Å²) in [5.74, 6) is 1.85. The number of aromatic nitrogens is 2. The van der Waals surface area contributed by atoms with Gasteiger partial charge in [-0.1, -0.05) is 0 Å². The highest BCUT2D eigenvalue weighted by Crippen LogP contribution is 2.24. The minimum atomic E-state index is 0.411. The summed E-state index contributed by atoms with van der Waals surface area (Å²) < 4.78 is 11.1. The number of nitrogens with zero attached hydrogens (tertiary/aromatic N) is 2. The summed E-state index contributed by atoms with van der Waals surface area (Å²) in [4.78, 5) is 8.79. The van der Waals surface area contributed by atoms with Gasteiger partial charge in [0.05, 0.1) is 23.0 Å². The van der Waals surface area contributed by atoms with Crippen molar-refractivity contribution in [1.29, 1.82) is 0 Å². The molecule has 6 heteroatoms. The number of methoxy groups -OCH3 is 2. The van der Waals surface area contributed by atoms with Crippen LogP contribution in [0.5, 0.6) is 5.75 Å². The number of ether oxygens (including phenoxy) is 2. The van der Waals surface area contributed by atoms with Crippen LogP contribution in [0.25, 0.3) is 11.4 Å². The third-order valence-electron chi connectivity index (χ3n) is 2.57. The standard InChI is InChI=1S/C13H14IN3O2/c1-18-7-10-11(14)12(15)17-13(16-10)8-3-5-9(19-2)6-4-8/h3-6H,7H2,1-2H3,(H2,15,16,17). The molecule has 0 aliphatic heterocycles. The van der Waals surface area contributed by atoms with Crippen molar-refractivity contribution in [2.75, 3.05) is 20.0 Å². The van der Waals surface area contributed by atoms with Crippen LogP contribution in [0, 0.1) is 3.57 Å². The molecule has 0 atom stereocenters. The molecule has 0 bridgehead atoms. The zero-order chi connectivity index (χ0) is 13.8. The maximum Gasteiger partial charge on any atom is 0.161 e. The molecule has 0 spiro atoms. The molecule has 100 valence electrons. The summed E-state index contributed by atoms with van der Waals surface area (Å²) in [5, 5.41) is 0. The van der Waals surface area contributed by atoms with Gasteiger partial charge in [-0.3, -0.25) is 0 Å². The monoisotopic (exact) mass is 371 g/mol. The van der Waals surface area contributed by atoms with Crippen LogP contribution in [0.15, 0.2) is 24.3 Å². The van der Waals surface area contributed by atoms with E-state index in [0.717, 1.165) is 20.6 Å². The summed E-state index contributed by atoms with van der Waals surface area (Å²) >= 11 is 2.13. The number of benzene rings is 1. The average molecular weight is 371 g/mol. The molecule has 19 heavy (non-hydrogen) atoms. The SMILES string of the molecule is COCc1nc(-c2ccc(OC)cc2)nc(N)c1I. The van der Waals surface area contributed by atoms with E-state index in [1.165, 1.54) is 0 Å². The summed E-state index contributed by atoms with van der Waals surface area (Å²) in [6.07, 6.45) is 0. The number of halogens is 1. The second kappa shape index (κ2) is 6.16. The van der Waals surface area contributed by atoms with Crippen molar-refractivity contribution in [3.05, 3.63) is 33.5 Å². The Morgan fingerprint density at radius 3 is 2.42 bits per heavy atom. The molecule has 2 rings (SSSR count). The van der Waals surface area contributed by atoms with E-state index in [4.69, 9.17) is 15.2 Å². The zero-order valence-electron chi connectivity index (χ0n) is 10.7. The van der Waals surface area contributed by atoms with Crippen molar-refractivity contribution < 1.29 is 9.47 Å². The molecule has 5 nitrogen and oxygen atoms in total. The fraction of sp³-hybridized carbons (Fsp3) is 0.231. The van der Waals surface area contributed by atoms with Crippen LogP contribution in [-0.2, 0) is 11.3 Å². The van der Waals surface area contributed by atoms with Crippen LogP contribution in [0.4, 0.5) is 5.82 Å². The van der Waals surface area contributed by atoms with Gasteiger partial charge < -0.3 is 15.2 Å². The first-order valence-electron chi connectivity index (χ1n) is 5.61. The molecule has 0 amide bonds. The third kappa shape index (κ3) is 3.13. The van der Waals surface area contributed by atoms with E-state index in [1.807, 2.05) is 24.3 Å². The van der Waals surface area contributed by atoms with Crippen LogP contribution in [0.1, 0.15) is 5.69 Å². The Labute approximate surface area is 125 Å². The topological polar surface area (TPSA) is 70.3 Å². The highest BCUT2D eigenvalue weighted by atomic mass is 127. The predicted octanol–water partition coefficient (Wildman–Crippen LogP) is 2.49. The van der Waals surface area contributed by atoms with Crippen molar-refractivity contribution in [2.45, 2.75) is 6.61 Å². The molecule has 2 N–H and O–H groups in total. The van der Waals surface area contributed by atoms with Gasteiger partial charge in [-0.15, -0.1) is 0 Å². The van der Waals surface area contributed by atoms with Crippen molar-refractivity contribution in [1.82, 2.24) is 9.97 Å². The lowest BCUT2D eigenvalue weighted by Crippen LogP contribution is -2.05. The van der Waals surface area contributed by atoms with Gasteiger partial charge >= 0.3 is 0 Å². The Hall–Kier alpha value is -1.41. The molecule has 1 heterocycles.